The van der Waals surface area contributed by atoms with E-state index in [1.54, 1.807) is 18.2 Å². The van der Waals surface area contributed by atoms with E-state index in [0.29, 0.717) is 44.2 Å². The Labute approximate surface area is 298 Å². The first-order valence-electron chi connectivity index (χ1n) is 18.4. The molecule has 1 heterocycles. The summed E-state index contributed by atoms with van der Waals surface area (Å²) in [5.41, 5.74) is 3.31. The summed E-state index contributed by atoms with van der Waals surface area (Å²) in [6, 6.07) is 11.5. The predicted molar refractivity (Wildman–Crippen MR) is 198 cm³/mol. The molecule has 3 aliphatic carbocycles. The summed E-state index contributed by atoms with van der Waals surface area (Å²) in [6.45, 7) is 9.75. The van der Waals surface area contributed by atoms with Gasteiger partial charge >= 0.3 is 0 Å². The average molecular weight is 709 g/mol. The van der Waals surface area contributed by atoms with Crippen molar-refractivity contribution in [2.75, 3.05) is 24.6 Å². The van der Waals surface area contributed by atoms with E-state index < -0.39 is 27.3 Å². The van der Waals surface area contributed by atoms with E-state index in [1.807, 2.05) is 25.1 Å². The lowest BCUT2D eigenvalue weighted by Gasteiger charge is -2.45. The van der Waals surface area contributed by atoms with Crippen LogP contribution in [0.2, 0.25) is 5.02 Å². The van der Waals surface area contributed by atoms with Crippen molar-refractivity contribution in [1.82, 2.24) is 4.72 Å². The zero-order valence-corrected chi connectivity index (χ0v) is 30.7. The van der Waals surface area contributed by atoms with E-state index in [9.17, 15) is 18.3 Å². The molecule has 0 saturated heterocycles. The summed E-state index contributed by atoms with van der Waals surface area (Å²) < 4.78 is 36.5. The van der Waals surface area contributed by atoms with Gasteiger partial charge in [-0.05, 0) is 116 Å². The molecular formula is C40H53ClN2O5S. The number of nitrogens with zero attached hydrogens (tertiary/aromatic N) is 1. The molecule has 0 bridgehead atoms. The molecule has 4 aliphatic rings. The lowest BCUT2D eigenvalue weighted by Crippen LogP contribution is -2.49. The summed E-state index contributed by atoms with van der Waals surface area (Å²) in [4.78, 5) is 16.1. The third-order valence-corrected chi connectivity index (χ3v) is 13.7. The number of nitrogens with one attached hydrogen (secondary N) is 1. The summed E-state index contributed by atoms with van der Waals surface area (Å²) in [7, 11) is -3.93. The minimum atomic E-state index is -3.93. The maximum atomic E-state index is 13.7. The topological polar surface area (TPSA) is 95.9 Å². The Bertz CT molecular complexity index is 1660. The number of carbonyl (C=O) groups is 1. The number of allylic oxidation sites excluding steroid dienone is 2. The highest BCUT2D eigenvalue weighted by Gasteiger charge is 2.44. The van der Waals surface area contributed by atoms with Crippen LogP contribution in [0.3, 0.4) is 0 Å². The van der Waals surface area contributed by atoms with Crippen LogP contribution in [0.4, 0.5) is 5.69 Å². The number of hydrogen-bond donors (Lipinski definition) is 2. The summed E-state index contributed by atoms with van der Waals surface area (Å²) in [5, 5.41) is 11.2. The second-order valence-electron chi connectivity index (χ2n) is 15.2. The van der Waals surface area contributed by atoms with E-state index in [2.05, 4.69) is 41.3 Å². The molecule has 0 aromatic heterocycles. The third kappa shape index (κ3) is 8.07. The fraction of sp³-hybridized carbons (Fsp3) is 0.575. The van der Waals surface area contributed by atoms with Crippen molar-refractivity contribution in [2.45, 2.75) is 101 Å². The number of sulfonamides is 1. The summed E-state index contributed by atoms with van der Waals surface area (Å²) >= 11 is 6.44. The van der Waals surface area contributed by atoms with Crippen molar-refractivity contribution in [3.05, 3.63) is 82.9 Å². The van der Waals surface area contributed by atoms with E-state index in [4.69, 9.17) is 16.3 Å². The molecule has 2 fully saturated rings. The van der Waals surface area contributed by atoms with Crippen LogP contribution in [-0.2, 0) is 21.9 Å². The zero-order valence-electron chi connectivity index (χ0n) is 29.1. The van der Waals surface area contributed by atoms with Crippen LogP contribution in [0.15, 0.2) is 61.2 Å². The molecule has 7 nitrogen and oxygen atoms in total. The van der Waals surface area contributed by atoms with Crippen LogP contribution in [0.1, 0.15) is 99.5 Å². The number of benzene rings is 2. The van der Waals surface area contributed by atoms with Crippen LogP contribution in [-0.4, -0.2) is 50.5 Å². The highest BCUT2D eigenvalue weighted by molar-refractivity contribution is 7.90. The van der Waals surface area contributed by atoms with Crippen LogP contribution >= 0.6 is 11.6 Å². The molecule has 9 heteroatoms. The number of ether oxygens (including phenoxy) is 1. The van der Waals surface area contributed by atoms with Gasteiger partial charge in [-0.2, -0.15) is 0 Å². The lowest BCUT2D eigenvalue weighted by molar-refractivity contribution is 0.0456. The van der Waals surface area contributed by atoms with Crippen molar-refractivity contribution in [2.24, 2.45) is 23.7 Å². The van der Waals surface area contributed by atoms with E-state index in [1.165, 1.54) is 11.1 Å². The maximum Gasteiger partial charge on any atom is 0.264 e. The van der Waals surface area contributed by atoms with Crippen molar-refractivity contribution >= 4 is 33.2 Å². The number of aryl methyl sites for hydroxylation is 1. The van der Waals surface area contributed by atoms with Crippen LogP contribution < -0.4 is 14.4 Å². The molecule has 2 saturated carbocycles. The Hall–Kier alpha value is -2.81. The Morgan fingerprint density at radius 3 is 2.73 bits per heavy atom. The number of aliphatic hydroxyl groups excluding tert-OH is 1. The monoisotopic (exact) mass is 708 g/mol. The number of anilines is 1. The fourth-order valence-electron chi connectivity index (χ4n) is 8.38. The van der Waals surface area contributed by atoms with Gasteiger partial charge in [0, 0.05) is 29.1 Å². The minimum absolute atomic E-state index is 0.147. The second-order valence-corrected chi connectivity index (χ2v) is 17.5. The van der Waals surface area contributed by atoms with Gasteiger partial charge in [0.15, 0.2) is 0 Å². The number of rotatable bonds is 14. The predicted octanol–water partition coefficient (Wildman–Crippen LogP) is 8.00. The van der Waals surface area contributed by atoms with Gasteiger partial charge in [-0.25, -0.2) is 13.1 Å². The van der Waals surface area contributed by atoms with E-state index >= 15 is 0 Å². The number of halogens is 1. The molecule has 6 rings (SSSR count). The van der Waals surface area contributed by atoms with Gasteiger partial charge in [-0.1, -0.05) is 69.0 Å². The first-order chi connectivity index (χ1) is 23.5. The fourth-order valence-corrected chi connectivity index (χ4v) is 10.4. The van der Waals surface area contributed by atoms with Crippen molar-refractivity contribution < 1.29 is 23.1 Å². The first-order valence-corrected chi connectivity index (χ1v) is 20.3. The molecule has 2 aromatic carbocycles. The Morgan fingerprint density at radius 1 is 1.20 bits per heavy atom. The quantitative estimate of drug-likeness (QED) is 0.193. The maximum absolute atomic E-state index is 13.7. The molecule has 1 amide bonds. The highest BCUT2D eigenvalue weighted by atomic mass is 35.5. The van der Waals surface area contributed by atoms with E-state index in [-0.39, 0.29) is 28.7 Å². The molecule has 2 aromatic rings. The van der Waals surface area contributed by atoms with Gasteiger partial charge < -0.3 is 14.7 Å². The number of unbranched alkanes of at least 4 members (excludes halogenated alkanes) is 1. The number of carbonyl (C=O) groups excluding carboxylic acids is 1. The molecular weight excluding hydrogens is 656 g/mol. The highest BCUT2D eigenvalue weighted by Crippen LogP contribution is 2.47. The van der Waals surface area contributed by atoms with Gasteiger partial charge in [0.1, 0.15) is 5.75 Å². The molecule has 49 heavy (non-hydrogen) atoms. The smallest absolute Gasteiger partial charge is 0.264 e. The molecule has 2 N–H and O–H groups in total. The second kappa shape index (κ2) is 15.2. The molecule has 266 valence electrons. The Morgan fingerprint density at radius 2 is 2.02 bits per heavy atom. The van der Waals surface area contributed by atoms with Gasteiger partial charge in [-0.15, -0.1) is 6.58 Å². The zero-order chi connectivity index (χ0) is 34.8. The number of fused-ring (bicyclic) bond motifs is 3. The van der Waals surface area contributed by atoms with Gasteiger partial charge in [0.25, 0.3) is 5.91 Å². The van der Waals surface area contributed by atoms with Crippen LogP contribution in [0, 0.1) is 23.7 Å². The molecule has 3 unspecified atom stereocenters. The van der Waals surface area contributed by atoms with Gasteiger partial charge in [0.2, 0.25) is 10.0 Å². The molecule has 0 radical (unpaired) electrons. The standard InChI is InChI=1S/C40H53ClN2O5S/c1-4-6-7-11-36(44)33-17-14-31(33)24-43-25-40(20-8-10-29-22-32(41)16-18-34(29)40)26-48-37-19-15-30(23-35(37)43)39(45)42-49(46,47)38(21-28-12-13-28)27(3)9-5-2/h5,7,11,15-16,18-19,22-23,27-28,31,33,36,38,44H,2,4,6,8-10,12-14,17,20-21,24-26H2,1,3H3,(H,42,45)/b11-7+/t27-,31?,33?,36?,38+,40-/m0/s1. The third-order valence-electron chi connectivity index (χ3n) is 11.5. The number of aliphatic hydroxyl groups is 1. The number of amides is 1. The van der Waals surface area contributed by atoms with Gasteiger partial charge in [0.05, 0.1) is 23.6 Å². The summed E-state index contributed by atoms with van der Waals surface area (Å²) in [6.07, 6.45) is 15.4. The lowest BCUT2D eigenvalue weighted by atomic mass is 9.68. The van der Waals surface area contributed by atoms with Crippen LogP contribution in [0.25, 0.3) is 0 Å². The van der Waals surface area contributed by atoms with Crippen molar-refractivity contribution in [3.8, 4) is 5.75 Å². The normalized spacial score (nSPS) is 25.3. The van der Waals surface area contributed by atoms with Crippen molar-refractivity contribution in [3.63, 3.8) is 0 Å². The molecule has 1 aliphatic heterocycles. The Kier molecular flexibility index (Phi) is 11.2. The van der Waals surface area contributed by atoms with Gasteiger partial charge in [-0.3, -0.25) is 4.79 Å². The minimum Gasteiger partial charge on any atom is -0.490 e. The van der Waals surface area contributed by atoms with E-state index in [0.717, 1.165) is 68.5 Å². The average Bonchev–Trinajstić information content (AvgIpc) is 3.89. The Balaban J connectivity index is 1.30. The van der Waals surface area contributed by atoms with Crippen LogP contribution in [0.5, 0.6) is 5.75 Å². The summed E-state index contributed by atoms with van der Waals surface area (Å²) in [5.74, 6) is 0.737. The number of hydrogen-bond acceptors (Lipinski definition) is 6. The molecule has 6 atom stereocenters. The molecule has 1 spiro atoms. The largest absolute Gasteiger partial charge is 0.490 e. The SMILES string of the molecule is C=CC[C@H](C)[C@@H](CC1CC1)S(=O)(=O)NC(=O)c1ccc2c(c1)N(CC1CCC1C(O)/C=C/CCC)C[C@@]1(CCCc3cc(Cl)ccc31)CO2. The van der Waals surface area contributed by atoms with Crippen molar-refractivity contribution in [1.29, 1.82) is 0 Å². The first kappa shape index (κ1) is 36.0.